The zero-order chi connectivity index (χ0) is 14.8. The molecule has 0 radical (unpaired) electrons. The van der Waals surface area contributed by atoms with Crippen molar-refractivity contribution in [3.8, 4) is 0 Å². The molecule has 0 amide bonds. The predicted molar refractivity (Wildman–Crippen MR) is 78.2 cm³/mol. The van der Waals surface area contributed by atoms with Gasteiger partial charge in [-0.3, -0.25) is 10.1 Å². The Kier molecular flexibility index (Phi) is 4.81. The number of hydrogen-bond donors (Lipinski definition) is 0. The van der Waals surface area contributed by atoms with Crippen LogP contribution in [-0.4, -0.2) is 19.6 Å². The molecule has 0 saturated heterocycles. The van der Waals surface area contributed by atoms with Crippen LogP contribution in [-0.2, 0) is 11.0 Å². The van der Waals surface area contributed by atoms with E-state index >= 15 is 0 Å². The van der Waals surface area contributed by atoms with Gasteiger partial charge >= 0.3 is 0 Å². The maximum atomic E-state index is 11.9. The number of nitro groups is 1. The summed E-state index contributed by atoms with van der Waals surface area (Å²) in [5.74, 6) is 0. The van der Waals surface area contributed by atoms with Crippen LogP contribution < -0.4 is 0 Å². The highest BCUT2D eigenvalue weighted by Gasteiger charge is 2.20. The summed E-state index contributed by atoms with van der Waals surface area (Å²) < 4.78 is 15.5. The van der Waals surface area contributed by atoms with Gasteiger partial charge in [0.1, 0.15) is 11.0 Å². The van der Waals surface area contributed by atoms with Crippen LogP contribution in [0.25, 0.3) is 0 Å². The van der Waals surface area contributed by atoms with Crippen LogP contribution in [0.2, 0.25) is 5.02 Å². The SMILES string of the molecule is CC(=N[S@](=O)C(C)(C)C)c1cc([N+](=O)[O-])ccc1Cl. The zero-order valence-electron chi connectivity index (χ0n) is 11.1. The van der Waals surface area contributed by atoms with Gasteiger partial charge in [-0.15, -0.1) is 0 Å². The van der Waals surface area contributed by atoms with Crippen molar-refractivity contribution in [1.29, 1.82) is 0 Å². The molecule has 1 aromatic carbocycles. The summed E-state index contributed by atoms with van der Waals surface area (Å²) in [4.78, 5) is 10.2. The van der Waals surface area contributed by atoms with E-state index < -0.39 is 20.7 Å². The Morgan fingerprint density at radius 2 is 2.00 bits per heavy atom. The fourth-order valence-electron chi connectivity index (χ4n) is 1.21. The number of rotatable bonds is 3. The highest BCUT2D eigenvalue weighted by Crippen LogP contribution is 2.23. The Balaban J connectivity index is 3.22. The minimum atomic E-state index is -1.43. The quantitative estimate of drug-likeness (QED) is 0.487. The normalized spacial score (nSPS) is 14.3. The van der Waals surface area contributed by atoms with Gasteiger partial charge in [0.05, 0.1) is 20.4 Å². The first-order chi connectivity index (χ1) is 8.62. The molecule has 0 aromatic heterocycles. The summed E-state index contributed by atoms with van der Waals surface area (Å²) in [6.45, 7) is 7.04. The van der Waals surface area contributed by atoms with E-state index in [1.165, 1.54) is 18.2 Å². The first-order valence-corrected chi connectivity index (χ1v) is 7.03. The predicted octanol–water partition coefficient (Wildman–Crippen LogP) is 3.52. The highest BCUT2D eigenvalue weighted by atomic mass is 35.5. The molecule has 0 aliphatic heterocycles. The molecular weight excluding hydrogens is 288 g/mol. The van der Waals surface area contributed by atoms with E-state index in [2.05, 4.69) is 4.40 Å². The fourth-order valence-corrected chi connectivity index (χ4v) is 2.09. The van der Waals surface area contributed by atoms with E-state index in [-0.39, 0.29) is 5.69 Å². The number of halogens is 1. The van der Waals surface area contributed by atoms with Gasteiger partial charge in [0.15, 0.2) is 0 Å². The van der Waals surface area contributed by atoms with Gasteiger partial charge in [0.2, 0.25) is 0 Å². The largest absolute Gasteiger partial charge is 0.270 e. The minimum absolute atomic E-state index is 0.0736. The van der Waals surface area contributed by atoms with E-state index in [1.54, 1.807) is 27.7 Å². The number of non-ortho nitro benzene ring substituents is 1. The molecule has 0 bridgehead atoms. The molecule has 0 N–H and O–H groups in total. The van der Waals surface area contributed by atoms with Crippen LogP contribution in [0.3, 0.4) is 0 Å². The molecule has 1 atom stereocenters. The molecule has 0 fully saturated rings. The number of nitro benzene ring substituents is 1. The summed E-state index contributed by atoms with van der Waals surface area (Å²) in [5.41, 5.74) is 0.769. The van der Waals surface area contributed by atoms with Crippen molar-refractivity contribution in [2.75, 3.05) is 0 Å². The Bertz CT molecular complexity index is 565. The first-order valence-electron chi connectivity index (χ1n) is 5.54. The molecule has 19 heavy (non-hydrogen) atoms. The fraction of sp³-hybridized carbons (Fsp3) is 0.417. The van der Waals surface area contributed by atoms with Gasteiger partial charge in [-0.05, 0) is 33.8 Å². The molecule has 1 rings (SSSR count). The van der Waals surface area contributed by atoms with E-state index in [1.807, 2.05) is 0 Å². The second kappa shape index (κ2) is 5.79. The van der Waals surface area contributed by atoms with Crippen LogP contribution in [0.1, 0.15) is 33.3 Å². The van der Waals surface area contributed by atoms with Crippen molar-refractivity contribution in [2.45, 2.75) is 32.4 Å². The summed E-state index contributed by atoms with van der Waals surface area (Å²) >= 11 is 5.99. The Labute approximate surface area is 119 Å². The number of hydrogen-bond acceptors (Lipinski definition) is 3. The molecule has 0 aliphatic carbocycles. The Morgan fingerprint density at radius 1 is 1.42 bits per heavy atom. The lowest BCUT2D eigenvalue weighted by molar-refractivity contribution is -0.384. The van der Waals surface area contributed by atoms with Crippen molar-refractivity contribution in [1.82, 2.24) is 0 Å². The van der Waals surface area contributed by atoms with Crippen molar-refractivity contribution < 1.29 is 9.13 Å². The van der Waals surface area contributed by atoms with Crippen molar-refractivity contribution >= 4 is 34.0 Å². The zero-order valence-corrected chi connectivity index (χ0v) is 12.7. The van der Waals surface area contributed by atoms with Crippen LogP contribution in [0, 0.1) is 10.1 Å². The summed E-state index contributed by atoms with van der Waals surface area (Å²) in [7, 11) is -1.43. The van der Waals surface area contributed by atoms with Gasteiger partial charge in [-0.1, -0.05) is 11.6 Å². The van der Waals surface area contributed by atoms with Crippen LogP contribution >= 0.6 is 11.6 Å². The summed E-state index contributed by atoms with van der Waals surface area (Å²) in [6, 6.07) is 4.09. The molecule has 0 unspecified atom stereocenters. The van der Waals surface area contributed by atoms with Crippen molar-refractivity contribution in [3.63, 3.8) is 0 Å². The molecule has 104 valence electrons. The van der Waals surface area contributed by atoms with Crippen LogP contribution in [0.4, 0.5) is 5.69 Å². The summed E-state index contributed by atoms with van der Waals surface area (Å²) in [5, 5.41) is 11.1. The molecule has 0 heterocycles. The van der Waals surface area contributed by atoms with E-state index in [4.69, 9.17) is 11.6 Å². The van der Waals surface area contributed by atoms with Gasteiger partial charge in [-0.25, -0.2) is 4.21 Å². The van der Waals surface area contributed by atoms with Gasteiger partial charge in [-0.2, -0.15) is 4.40 Å². The van der Waals surface area contributed by atoms with E-state index in [0.717, 1.165) is 0 Å². The monoisotopic (exact) mass is 302 g/mol. The maximum Gasteiger partial charge on any atom is 0.270 e. The van der Waals surface area contributed by atoms with Crippen LogP contribution in [0.5, 0.6) is 0 Å². The topological polar surface area (TPSA) is 72.6 Å². The van der Waals surface area contributed by atoms with Crippen molar-refractivity contribution in [2.24, 2.45) is 4.40 Å². The Hall–Kier alpha value is -1.27. The number of benzene rings is 1. The molecule has 5 nitrogen and oxygen atoms in total. The molecule has 0 saturated carbocycles. The third-order valence-electron chi connectivity index (χ3n) is 2.29. The lowest BCUT2D eigenvalue weighted by Gasteiger charge is -2.14. The molecule has 0 aliphatic rings. The molecule has 7 heteroatoms. The van der Waals surface area contributed by atoms with Crippen LogP contribution in [0.15, 0.2) is 22.6 Å². The third-order valence-corrected chi connectivity index (χ3v) is 4.11. The highest BCUT2D eigenvalue weighted by molar-refractivity contribution is 7.85. The van der Waals surface area contributed by atoms with Gasteiger partial charge in [0, 0.05) is 17.7 Å². The molecule has 1 aromatic rings. The van der Waals surface area contributed by atoms with Gasteiger partial charge < -0.3 is 0 Å². The average Bonchev–Trinajstić information content (AvgIpc) is 2.27. The first kappa shape index (κ1) is 15.8. The van der Waals surface area contributed by atoms with Gasteiger partial charge in [0.25, 0.3) is 5.69 Å². The minimum Gasteiger partial charge on any atom is -0.258 e. The van der Waals surface area contributed by atoms with Crippen molar-refractivity contribution in [3.05, 3.63) is 38.9 Å². The Morgan fingerprint density at radius 3 is 2.47 bits per heavy atom. The molecular formula is C12H15ClN2O3S. The lowest BCUT2D eigenvalue weighted by atomic mass is 10.1. The van der Waals surface area contributed by atoms with E-state index in [9.17, 15) is 14.3 Å². The maximum absolute atomic E-state index is 11.9. The van der Waals surface area contributed by atoms with E-state index in [0.29, 0.717) is 16.3 Å². The standard InChI is InChI=1S/C12H15ClN2O3S/c1-8(14-19(18)12(2,3)4)10-7-9(15(16)17)5-6-11(10)13/h5-7H,1-4H3/t19-/m1/s1. The average molecular weight is 303 g/mol. The lowest BCUT2D eigenvalue weighted by Crippen LogP contribution is -2.20. The molecule has 0 spiro atoms. The summed E-state index contributed by atoms with van der Waals surface area (Å²) in [6.07, 6.45) is 0. The second-order valence-corrected chi connectivity index (χ2v) is 7.27. The second-order valence-electron chi connectivity index (χ2n) is 4.96. The smallest absolute Gasteiger partial charge is 0.258 e. The third kappa shape index (κ3) is 4.11. The number of nitrogens with zero attached hydrogens (tertiary/aromatic N) is 2.